The molecule has 3 aliphatic rings. The number of cyclic esters (lactones) is 1. The van der Waals surface area contributed by atoms with Gasteiger partial charge in [-0.2, -0.15) is 0 Å². The minimum atomic E-state index is -4.15. The van der Waals surface area contributed by atoms with Crippen molar-refractivity contribution in [1.29, 1.82) is 0 Å². The molecule has 0 amide bonds. The molecule has 0 spiro atoms. The van der Waals surface area contributed by atoms with Crippen LogP contribution in [0.5, 0.6) is 11.5 Å². The van der Waals surface area contributed by atoms with E-state index < -0.39 is 25.5 Å². The summed E-state index contributed by atoms with van der Waals surface area (Å²) in [5.74, 6) is 0.0754. The number of likely N-dealkylation sites (tertiary alicyclic amines) is 1. The minimum Gasteiger partial charge on any atom is -0.486 e. The molecule has 1 N–H and O–H groups in total. The zero-order valence-electron chi connectivity index (χ0n) is 15.5. The Morgan fingerprint density at radius 1 is 1.03 bits per heavy atom. The van der Waals surface area contributed by atoms with E-state index in [0.717, 1.165) is 12.1 Å². The number of hydrogen-bond acceptors (Lipinski definition) is 9. The van der Waals surface area contributed by atoms with Crippen LogP contribution in [0.2, 0.25) is 0 Å². The quantitative estimate of drug-likeness (QED) is 0.403. The highest BCUT2D eigenvalue weighted by Gasteiger charge is 2.37. The second kappa shape index (κ2) is 7.76. The van der Waals surface area contributed by atoms with Gasteiger partial charge in [-0.1, -0.05) is 0 Å². The second-order valence-corrected chi connectivity index (χ2v) is 8.81. The van der Waals surface area contributed by atoms with Crippen LogP contribution >= 0.6 is 0 Å². The van der Waals surface area contributed by atoms with Crippen LogP contribution in [0.15, 0.2) is 17.0 Å². The molecule has 0 radical (unpaired) electrons. The number of hydrogen-bond donors (Lipinski definition) is 1. The fourth-order valence-electron chi connectivity index (χ4n) is 3.85. The van der Waals surface area contributed by atoms with Crippen LogP contribution in [-0.2, 0) is 19.6 Å². The van der Waals surface area contributed by atoms with Crippen LogP contribution in [0.4, 0.5) is 5.69 Å². The molecule has 12 heteroatoms. The third-order valence-electron chi connectivity index (χ3n) is 5.31. The Morgan fingerprint density at radius 3 is 2.28 bits per heavy atom. The summed E-state index contributed by atoms with van der Waals surface area (Å²) >= 11 is 0. The molecule has 0 saturated carbocycles. The van der Waals surface area contributed by atoms with Crippen molar-refractivity contribution in [1.82, 2.24) is 9.62 Å². The van der Waals surface area contributed by atoms with E-state index in [0.29, 0.717) is 39.0 Å². The number of fused-ring (bicyclic) bond motifs is 1. The van der Waals surface area contributed by atoms with E-state index >= 15 is 0 Å². The van der Waals surface area contributed by atoms with Crippen molar-refractivity contribution in [2.24, 2.45) is 0 Å². The van der Waals surface area contributed by atoms with Crippen molar-refractivity contribution < 1.29 is 32.3 Å². The van der Waals surface area contributed by atoms with Gasteiger partial charge < -0.3 is 14.2 Å². The molecule has 3 heterocycles. The van der Waals surface area contributed by atoms with Gasteiger partial charge in [0, 0.05) is 31.6 Å². The number of benzene rings is 1. The van der Waals surface area contributed by atoms with Gasteiger partial charge in [0.25, 0.3) is 5.69 Å². The van der Waals surface area contributed by atoms with E-state index in [1.165, 1.54) is 0 Å². The summed E-state index contributed by atoms with van der Waals surface area (Å²) in [6, 6.07) is 1.56. The lowest BCUT2D eigenvalue weighted by atomic mass is 10.0. The number of sulfonamides is 1. The maximum atomic E-state index is 12.9. The van der Waals surface area contributed by atoms with E-state index in [1.54, 1.807) is 0 Å². The maximum absolute atomic E-state index is 12.9. The standard InChI is InChI=1S/C17H21N3O8S/c21-17-12(3-6-28-17)19-4-1-11(2-5-19)18-29(24,25)16-10-15-14(26-7-8-27-15)9-13(16)20(22)23/h9-12,18H,1-8H2/t12-/m1/s1. The van der Waals surface area contributed by atoms with Gasteiger partial charge in [0.15, 0.2) is 16.4 Å². The number of nitro benzene ring substituents is 1. The van der Waals surface area contributed by atoms with E-state index in [9.17, 15) is 23.3 Å². The average molecular weight is 427 g/mol. The number of ether oxygens (including phenoxy) is 3. The first-order chi connectivity index (χ1) is 13.8. The van der Waals surface area contributed by atoms with E-state index in [2.05, 4.69) is 4.72 Å². The normalized spacial score (nSPS) is 23.0. The number of nitrogens with zero attached hydrogens (tertiary/aromatic N) is 2. The maximum Gasteiger partial charge on any atom is 0.323 e. The van der Waals surface area contributed by atoms with Crippen molar-refractivity contribution in [3.8, 4) is 11.5 Å². The van der Waals surface area contributed by atoms with Crippen molar-refractivity contribution >= 4 is 21.7 Å². The Labute approximate surface area is 167 Å². The van der Waals surface area contributed by atoms with Crippen LogP contribution in [0.3, 0.4) is 0 Å². The zero-order chi connectivity index (χ0) is 20.6. The summed E-state index contributed by atoms with van der Waals surface area (Å²) < 4.78 is 44.0. The fourth-order valence-corrected chi connectivity index (χ4v) is 5.32. The van der Waals surface area contributed by atoms with Crippen LogP contribution in [0, 0.1) is 10.1 Å². The highest BCUT2D eigenvalue weighted by Crippen LogP contribution is 2.38. The van der Waals surface area contributed by atoms with Gasteiger partial charge in [-0.25, -0.2) is 13.1 Å². The molecule has 3 aliphatic heterocycles. The number of nitro groups is 1. The first-order valence-electron chi connectivity index (χ1n) is 9.36. The molecule has 0 bridgehead atoms. The summed E-state index contributed by atoms with van der Waals surface area (Å²) in [7, 11) is -4.15. The number of rotatable bonds is 5. The van der Waals surface area contributed by atoms with E-state index in [1.807, 2.05) is 4.90 Å². The van der Waals surface area contributed by atoms with Gasteiger partial charge in [0.2, 0.25) is 10.0 Å². The summed E-state index contributed by atoms with van der Waals surface area (Å²) in [6.07, 6.45) is 1.61. The second-order valence-electron chi connectivity index (χ2n) is 7.12. The predicted molar refractivity (Wildman–Crippen MR) is 98.4 cm³/mol. The number of carbonyl (C=O) groups is 1. The third-order valence-corrected chi connectivity index (χ3v) is 6.86. The van der Waals surface area contributed by atoms with Gasteiger partial charge >= 0.3 is 5.97 Å². The molecule has 1 aromatic carbocycles. The Kier molecular flexibility index (Phi) is 5.32. The molecule has 0 aliphatic carbocycles. The van der Waals surface area contributed by atoms with Gasteiger partial charge in [-0.05, 0) is 12.8 Å². The molecule has 0 unspecified atom stereocenters. The van der Waals surface area contributed by atoms with Crippen molar-refractivity contribution in [2.45, 2.75) is 36.2 Å². The Bertz CT molecular complexity index is 927. The topological polar surface area (TPSA) is 137 Å². The molecule has 158 valence electrons. The summed E-state index contributed by atoms with van der Waals surface area (Å²) in [5, 5.41) is 11.4. The highest BCUT2D eigenvalue weighted by atomic mass is 32.2. The summed E-state index contributed by atoms with van der Waals surface area (Å²) in [6.45, 7) is 1.96. The Morgan fingerprint density at radius 2 is 1.69 bits per heavy atom. The molecule has 2 fully saturated rings. The largest absolute Gasteiger partial charge is 0.486 e. The first kappa shape index (κ1) is 19.9. The number of esters is 1. The summed E-state index contributed by atoms with van der Waals surface area (Å²) in [4.78, 5) is 24.0. The SMILES string of the molecule is O=C1OCC[C@H]1N1CCC(NS(=O)(=O)c2cc3c(cc2[N+](=O)[O-])OCCO3)CC1. The number of nitrogens with one attached hydrogen (secondary N) is 1. The van der Waals surface area contributed by atoms with Gasteiger partial charge in [0.05, 0.1) is 17.6 Å². The molecule has 4 rings (SSSR count). The number of carbonyl (C=O) groups excluding carboxylic acids is 1. The molecule has 2 saturated heterocycles. The van der Waals surface area contributed by atoms with E-state index in [4.69, 9.17) is 14.2 Å². The average Bonchev–Trinajstić information content (AvgIpc) is 3.13. The molecule has 1 atom stereocenters. The monoisotopic (exact) mass is 427 g/mol. The van der Waals surface area contributed by atoms with Crippen LogP contribution in [0.25, 0.3) is 0 Å². The molecule has 11 nitrogen and oxygen atoms in total. The van der Waals surface area contributed by atoms with Crippen molar-refractivity contribution in [3.05, 3.63) is 22.2 Å². The number of piperidine rings is 1. The minimum absolute atomic E-state index is 0.152. The van der Waals surface area contributed by atoms with Crippen molar-refractivity contribution in [2.75, 3.05) is 32.9 Å². The van der Waals surface area contributed by atoms with Crippen LogP contribution < -0.4 is 14.2 Å². The van der Waals surface area contributed by atoms with Crippen molar-refractivity contribution in [3.63, 3.8) is 0 Å². The Hall–Kier alpha value is -2.44. The van der Waals surface area contributed by atoms with Gasteiger partial charge in [-0.3, -0.25) is 19.8 Å². The molecular formula is C17H21N3O8S. The molecule has 29 heavy (non-hydrogen) atoms. The summed E-state index contributed by atoms with van der Waals surface area (Å²) in [5.41, 5.74) is -0.562. The molecule has 1 aromatic rings. The third kappa shape index (κ3) is 4.00. The zero-order valence-corrected chi connectivity index (χ0v) is 16.4. The highest BCUT2D eigenvalue weighted by molar-refractivity contribution is 7.89. The van der Waals surface area contributed by atoms with E-state index in [-0.39, 0.29) is 42.8 Å². The lowest BCUT2D eigenvalue weighted by Crippen LogP contribution is -2.49. The Balaban J connectivity index is 1.49. The molecule has 0 aromatic heterocycles. The van der Waals surface area contributed by atoms with Crippen LogP contribution in [-0.4, -0.2) is 69.2 Å². The predicted octanol–water partition coefficient (Wildman–Crippen LogP) is 0.424. The first-order valence-corrected chi connectivity index (χ1v) is 10.8. The van der Waals surface area contributed by atoms with Crippen LogP contribution in [0.1, 0.15) is 19.3 Å². The van der Waals surface area contributed by atoms with Gasteiger partial charge in [0.1, 0.15) is 19.3 Å². The lowest BCUT2D eigenvalue weighted by molar-refractivity contribution is -0.388. The fraction of sp³-hybridized carbons (Fsp3) is 0.588. The van der Waals surface area contributed by atoms with Gasteiger partial charge in [-0.15, -0.1) is 0 Å². The smallest absolute Gasteiger partial charge is 0.323 e. The molecular weight excluding hydrogens is 406 g/mol. The lowest BCUT2D eigenvalue weighted by Gasteiger charge is -2.34.